The molecule has 3 N–H and O–H groups in total. The minimum Gasteiger partial charge on any atom is -0.353 e. The van der Waals surface area contributed by atoms with Gasteiger partial charge in [-0.25, -0.2) is 0 Å². The van der Waals surface area contributed by atoms with Gasteiger partial charge in [0.25, 0.3) is 0 Å². The first kappa shape index (κ1) is 10.4. The Hall–Kier alpha value is -0.570. The molecule has 0 heterocycles. The van der Waals surface area contributed by atoms with Crippen molar-refractivity contribution in [1.82, 2.24) is 5.32 Å². The van der Waals surface area contributed by atoms with E-state index in [0.29, 0.717) is 0 Å². The Morgan fingerprint density at radius 2 is 2.09 bits per heavy atom. The van der Waals surface area contributed by atoms with Crippen LogP contribution in [0.25, 0.3) is 0 Å². The molecular formula is C8H18N2O. The molecule has 0 rings (SSSR count). The molecule has 0 saturated carbocycles. The second-order valence-corrected chi connectivity index (χ2v) is 3.06. The first-order chi connectivity index (χ1) is 5.07. The lowest BCUT2D eigenvalue weighted by Gasteiger charge is -2.13. The fourth-order valence-electron chi connectivity index (χ4n) is 0.834. The van der Waals surface area contributed by atoms with Crippen molar-refractivity contribution < 1.29 is 4.79 Å². The van der Waals surface area contributed by atoms with Crippen LogP contribution in [-0.4, -0.2) is 18.0 Å². The number of hydrogen-bond donors (Lipinski definition) is 2. The normalized spacial score (nSPS) is 13.2. The number of carbonyl (C=O) groups is 1. The molecular weight excluding hydrogens is 140 g/mol. The van der Waals surface area contributed by atoms with Crippen LogP contribution in [0.1, 0.15) is 33.6 Å². The highest BCUT2D eigenvalue weighted by atomic mass is 16.2. The van der Waals surface area contributed by atoms with Gasteiger partial charge in [0, 0.05) is 6.04 Å². The molecule has 0 aliphatic heterocycles. The number of rotatable bonds is 4. The highest BCUT2D eigenvalue weighted by Crippen LogP contribution is 1.93. The van der Waals surface area contributed by atoms with Crippen molar-refractivity contribution in [1.29, 1.82) is 0 Å². The third-order valence-electron chi connectivity index (χ3n) is 1.37. The van der Waals surface area contributed by atoms with Gasteiger partial charge in [-0.2, -0.15) is 0 Å². The van der Waals surface area contributed by atoms with Gasteiger partial charge in [-0.3, -0.25) is 4.79 Å². The highest BCUT2D eigenvalue weighted by molar-refractivity contribution is 5.81. The smallest absolute Gasteiger partial charge is 0.237 e. The predicted octanol–water partition coefficient (Wildman–Crippen LogP) is 0.638. The molecule has 0 saturated heterocycles. The maximum absolute atomic E-state index is 11.1. The van der Waals surface area contributed by atoms with E-state index in [-0.39, 0.29) is 18.0 Å². The Kier molecular flexibility index (Phi) is 4.86. The maximum atomic E-state index is 11.1. The number of nitrogens with one attached hydrogen (secondary N) is 1. The molecule has 3 nitrogen and oxygen atoms in total. The summed E-state index contributed by atoms with van der Waals surface area (Å²) in [7, 11) is 0. The van der Waals surface area contributed by atoms with E-state index in [1.165, 1.54) is 0 Å². The first-order valence-electron chi connectivity index (χ1n) is 4.13. The van der Waals surface area contributed by atoms with Crippen molar-refractivity contribution in [3.63, 3.8) is 0 Å². The van der Waals surface area contributed by atoms with Gasteiger partial charge in [0.15, 0.2) is 0 Å². The van der Waals surface area contributed by atoms with Crippen LogP contribution in [0.15, 0.2) is 0 Å². The molecule has 0 spiro atoms. The summed E-state index contributed by atoms with van der Waals surface area (Å²) in [6.07, 6.45) is 1.71. The summed E-state index contributed by atoms with van der Waals surface area (Å²) in [4.78, 5) is 11.1. The van der Waals surface area contributed by atoms with E-state index in [1.54, 1.807) is 0 Å². The van der Waals surface area contributed by atoms with E-state index >= 15 is 0 Å². The molecule has 0 radical (unpaired) electrons. The lowest BCUT2D eigenvalue weighted by atomic mass is 10.1. The predicted molar refractivity (Wildman–Crippen MR) is 46.2 cm³/mol. The number of nitrogens with two attached hydrogens (primary N) is 1. The van der Waals surface area contributed by atoms with Crippen molar-refractivity contribution in [2.24, 2.45) is 5.73 Å². The molecule has 0 fully saturated rings. The van der Waals surface area contributed by atoms with Crippen LogP contribution in [-0.2, 0) is 4.79 Å². The molecule has 1 amide bonds. The molecule has 3 heteroatoms. The fourth-order valence-corrected chi connectivity index (χ4v) is 0.834. The van der Waals surface area contributed by atoms with Crippen LogP contribution >= 0.6 is 0 Å². The molecule has 0 aliphatic carbocycles. The SMILES string of the molecule is CCC[C@@H](N)C(=O)NC(C)C. The minimum absolute atomic E-state index is 0.0400. The van der Waals surface area contributed by atoms with Crippen LogP contribution in [0.3, 0.4) is 0 Å². The monoisotopic (exact) mass is 158 g/mol. The van der Waals surface area contributed by atoms with Gasteiger partial charge in [0.1, 0.15) is 0 Å². The average Bonchev–Trinajstić information content (AvgIpc) is 1.86. The Balaban J connectivity index is 3.64. The molecule has 0 aromatic rings. The van der Waals surface area contributed by atoms with Crippen molar-refractivity contribution in [3.05, 3.63) is 0 Å². The zero-order valence-electron chi connectivity index (χ0n) is 7.55. The van der Waals surface area contributed by atoms with Crippen LogP contribution < -0.4 is 11.1 Å². The molecule has 0 bridgehead atoms. The summed E-state index contributed by atoms with van der Waals surface area (Å²) in [5.74, 6) is -0.0400. The van der Waals surface area contributed by atoms with Gasteiger partial charge in [0.2, 0.25) is 5.91 Å². The lowest BCUT2D eigenvalue weighted by molar-refractivity contribution is -0.123. The summed E-state index contributed by atoms with van der Waals surface area (Å²) in [5, 5.41) is 2.76. The molecule has 1 atom stereocenters. The molecule has 66 valence electrons. The Labute approximate surface area is 68.3 Å². The minimum atomic E-state index is -0.331. The Bertz CT molecular complexity index is 123. The quantitative estimate of drug-likeness (QED) is 0.630. The molecule has 0 aliphatic rings. The summed E-state index contributed by atoms with van der Waals surface area (Å²) >= 11 is 0. The van der Waals surface area contributed by atoms with E-state index in [1.807, 2.05) is 20.8 Å². The zero-order valence-corrected chi connectivity index (χ0v) is 7.55. The van der Waals surface area contributed by atoms with Crippen LogP contribution in [0.2, 0.25) is 0 Å². The average molecular weight is 158 g/mol. The van der Waals surface area contributed by atoms with Gasteiger partial charge in [0.05, 0.1) is 6.04 Å². The number of amides is 1. The van der Waals surface area contributed by atoms with Crippen molar-refractivity contribution in [3.8, 4) is 0 Å². The number of carbonyl (C=O) groups excluding carboxylic acids is 1. The van der Waals surface area contributed by atoms with E-state index in [4.69, 9.17) is 5.73 Å². The van der Waals surface area contributed by atoms with Gasteiger partial charge >= 0.3 is 0 Å². The highest BCUT2D eigenvalue weighted by Gasteiger charge is 2.11. The van der Waals surface area contributed by atoms with E-state index in [2.05, 4.69) is 5.32 Å². The Morgan fingerprint density at radius 1 is 1.55 bits per heavy atom. The second kappa shape index (κ2) is 5.13. The largest absolute Gasteiger partial charge is 0.353 e. The maximum Gasteiger partial charge on any atom is 0.237 e. The van der Waals surface area contributed by atoms with Gasteiger partial charge in [-0.05, 0) is 20.3 Å². The summed E-state index contributed by atoms with van der Waals surface area (Å²) in [5.41, 5.74) is 5.56. The summed E-state index contributed by atoms with van der Waals surface area (Å²) in [6, 6.07) is -0.146. The third kappa shape index (κ3) is 4.79. The molecule has 11 heavy (non-hydrogen) atoms. The first-order valence-corrected chi connectivity index (χ1v) is 4.13. The number of hydrogen-bond acceptors (Lipinski definition) is 2. The molecule has 0 aromatic carbocycles. The summed E-state index contributed by atoms with van der Waals surface area (Å²) in [6.45, 7) is 5.87. The molecule has 0 aromatic heterocycles. The van der Waals surface area contributed by atoms with Gasteiger partial charge in [-0.15, -0.1) is 0 Å². The zero-order chi connectivity index (χ0) is 8.85. The van der Waals surface area contributed by atoms with Crippen molar-refractivity contribution >= 4 is 5.91 Å². The third-order valence-corrected chi connectivity index (χ3v) is 1.37. The van der Waals surface area contributed by atoms with Gasteiger partial charge < -0.3 is 11.1 Å². The molecule has 0 unspecified atom stereocenters. The lowest BCUT2D eigenvalue weighted by Crippen LogP contribution is -2.43. The van der Waals surface area contributed by atoms with Crippen molar-refractivity contribution in [2.45, 2.75) is 45.7 Å². The fraction of sp³-hybridized carbons (Fsp3) is 0.875. The van der Waals surface area contributed by atoms with Crippen LogP contribution in [0.5, 0.6) is 0 Å². The van der Waals surface area contributed by atoms with Crippen molar-refractivity contribution in [2.75, 3.05) is 0 Å². The van der Waals surface area contributed by atoms with Crippen LogP contribution in [0.4, 0.5) is 0 Å². The van der Waals surface area contributed by atoms with Gasteiger partial charge in [-0.1, -0.05) is 13.3 Å². The topological polar surface area (TPSA) is 55.1 Å². The second-order valence-electron chi connectivity index (χ2n) is 3.06. The van der Waals surface area contributed by atoms with E-state index < -0.39 is 0 Å². The Morgan fingerprint density at radius 3 is 2.45 bits per heavy atom. The van der Waals surface area contributed by atoms with Crippen LogP contribution in [0, 0.1) is 0 Å². The van der Waals surface area contributed by atoms with E-state index in [9.17, 15) is 4.79 Å². The standard InChI is InChI=1S/C8H18N2O/c1-4-5-7(9)8(11)10-6(2)3/h6-7H,4-5,9H2,1-3H3,(H,10,11)/t7-/m1/s1. The van der Waals surface area contributed by atoms with E-state index in [0.717, 1.165) is 12.8 Å². The summed E-state index contributed by atoms with van der Waals surface area (Å²) < 4.78 is 0.